The van der Waals surface area contributed by atoms with E-state index in [1.807, 2.05) is 30.0 Å². The summed E-state index contributed by atoms with van der Waals surface area (Å²) in [6.07, 6.45) is 4.17. The molecule has 0 spiro atoms. The van der Waals surface area contributed by atoms with E-state index in [0.29, 0.717) is 29.7 Å². The van der Waals surface area contributed by atoms with Crippen LogP contribution in [0.4, 0.5) is 5.69 Å². The zero-order chi connectivity index (χ0) is 14.2. The third-order valence-corrected chi connectivity index (χ3v) is 4.70. The highest BCUT2D eigenvalue weighted by Gasteiger charge is 2.14. The Kier molecular flexibility index (Phi) is 6.05. The van der Waals surface area contributed by atoms with Crippen LogP contribution < -0.4 is 15.8 Å². The summed E-state index contributed by atoms with van der Waals surface area (Å²) >= 11 is 1.97. The van der Waals surface area contributed by atoms with Crippen molar-refractivity contribution in [2.24, 2.45) is 0 Å². The average molecular weight is 294 g/mol. The van der Waals surface area contributed by atoms with Gasteiger partial charge in [-0.3, -0.25) is 4.79 Å². The number of para-hydroxylation sites is 2. The summed E-state index contributed by atoms with van der Waals surface area (Å²) in [6, 6.07) is 7.32. The standard InChI is InChI=1S/C15H22N2O2S/c16-13-6-1-2-7-14(13)19-9-8-15(18)17-11-12-5-3-4-10-20-12/h1-2,6-7,12H,3-5,8-11,16H2,(H,17,18). The van der Waals surface area contributed by atoms with Gasteiger partial charge in [0.25, 0.3) is 0 Å². The molecule has 0 radical (unpaired) electrons. The highest BCUT2D eigenvalue weighted by atomic mass is 32.2. The summed E-state index contributed by atoms with van der Waals surface area (Å²) in [5.41, 5.74) is 6.37. The van der Waals surface area contributed by atoms with Crippen LogP contribution in [0.25, 0.3) is 0 Å². The molecule has 1 heterocycles. The van der Waals surface area contributed by atoms with Crippen molar-refractivity contribution in [1.29, 1.82) is 0 Å². The van der Waals surface area contributed by atoms with Crippen molar-refractivity contribution in [3.05, 3.63) is 24.3 Å². The van der Waals surface area contributed by atoms with Crippen molar-refractivity contribution in [3.63, 3.8) is 0 Å². The minimum Gasteiger partial charge on any atom is -0.491 e. The molecule has 0 aromatic heterocycles. The number of carbonyl (C=O) groups excluding carboxylic acids is 1. The first kappa shape index (κ1) is 15.0. The molecule has 1 aliphatic rings. The molecule has 110 valence electrons. The molecule has 4 nitrogen and oxygen atoms in total. The first-order chi connectivity index (χ1) is 9.75. The van der Waals surface area contributed by atoms with Crippen LogP contribution in [0, 0.1) is 0 Å². The lowest BCUT2D eigenvalue weighted by molar-refractivity contribution is -0.121. The highest BCUT2D eigenvalue weighted by molar-refractivity contribution is 7.99. The third kappa shape index (κ3) is 4.96. The Bertz CT molecular complexity index is 434. The van der Waals surface area contributed by atoms with E-state index in [-0.39, 0.29) is 5.91 Å². The first-order valence-corrected chi connectivity index (χ1v) is 8.16. The Labute approximate surface area is 124 Å². The van der Waals surface area contributed by atoms with Crippen LogP contribution in [-0.4, -0.2) is 30.1 Å². The number of nitrogens with two attached hydrogens (primary N) is 1. The van der Waals surface area contributed by atoms with Gasteiger partial charge in [-0.05, 0) is 30.7 Å². The van der Waals surface area contributed by atoms with E-state index >= 15 is 0 Å². The smallest absolute Gasteiger partial charge is 0.223 e. The van der Waals surface area contributed by atoms with Gasteiger partial charge in [0.15, 0.2) is 0 Å². The number of nitrogen functional groups attached to an aromatic ring is 1. The molecule has 3 N–H and O–H groups in total. The van der Waals surface area contributed by atoms with Crippen molar-refractivity contribution in [3.8, 4) is 5.75 Å². The van der Waals surface area contributed by atoms with Crippen LogP contribution in [0.15, 0.2) is 24.3 Å². The number of nitrogens with one attached hydrogen (secondary N) is 1. The van der Waals surface area contributed by atoms with Crippen molar-refractivity contribution >= 4 is 23.4 Å². The van der Waals surface area contributed by atoms with E-state index in [4.69, 9.17) is 10.5 Å². The zero-order valence-corrected chi connectivity index (χ0v) is 12.5. The van der Waals surface area contributed by atoms with Gasteiger partial charge < -0.3 is 15.8 Å². The summed E-state index contributed by atoms with van der Waals surface area (Å²) in [4.78, 5) is 11.7. The number of amides is 1. The molecular formula is C15H22N2O2S. The number of carbonyl (C=O) groups is 1. The monoisotopic (exact) mass is 294 g/mol. The van der Waals surface area contributed by atoms with E-state index in [2.05, 4.69) is 5.32 Å². The van der Waals surface area contributed by atoms with Crippen LogP contribution in [0.3, 0.4) is 0 Å². The van der Waals surface area contributed by atoms with Gasteiger partial charge in [-0.1, -0.05) is 18.6 Å². The van der Waals surface area contributed by atoms with E-state index in [0.717, 1.165) is 6.54 Å². The molecule has 1 fully saturated rings. The average Bonchev–Trinajstić information content (AvgIpc) is 2.48. The third-order valence-electron chi connectivity index (χ3n) is 3.31. The topological polar surface area (TPSA) is 64.3 Å². The molecule has 1 atom stereocenters. The molecule has 0 bridgehead atoms. The predicted molar refractivity (Wildman–Crippen MR) is 84.1 cm³/mol. The largest absolute Gasteiger partial charge is 0.491 e. The quantitative estimate of drug-likeness (QED) is 0.791. The molecule has 1 amide bonds. The number of anilines is 1. The fraction of sp³-hybridized carbons (Fsp3) is 0.533. The highest BCUT2D eigenvalue weighted by Crippen LogP contribution is 2.24. The fourth-order valence-electron chi connectivity index (χ4n) is 2.15. The second-order valence-corrected chi connectivity index (χ2v) is 6.34. The summed E-state index contributed by atoms with van der Waals surface area (Å²) < 4.78 is 5.51. The lowest BCUT2D eigenvalue weighted by Crippen LogP contribution is -2.32. The molecule has 2 rings (SSSR count). The summed E-state index contributed by atoms with van der Waals surface area (Å²) in [5, 5.41) is 3.56. The maximum absolute atomic E-state index is 11.7. The Morgan fingerprint density at radius 2 is 2.25 bits per heavy atom. The van der Waals surface area contributed by atoms with Crippen molar-refractivity contribution in [1.82, 2.24) is 5.32 Å². The van der Waals surface area contributed by atoms with E-state index in [1.54, 1.807) is 6.07 Å². The lowest BCUT2D eigenvalue weighted by atomic mass is 10.2. The fourth-order valence-corrected chi connectivity index (χ4v) is 3.39. The van der Waals surface area contributed by atoms with Crippen LogP contribution in [0.2, 0.25) is 0 Å². The SMILES string of the molecule is Nc1ccccc1OCCC(=O)NCC1CCCCS1. The second kappa shape index (κ2) is 8.04. The molecule has 5 heteroatoms. The Hall–Kier alpha value is -1.36. The molecule has 0 saturated carbocycles. The van der Waals surface area contributed by atoms with Gasteiger partial charge in [0.1, 0.15) is 5.75 Å². The van der Waals surface area contributed by atoms with Gasteiger partial charge in [0, 0.05) is 11.8 Å². The molecule has 1 aliphatic heterocycles. The minimum absolute atomic E-state index is 0.0469. The first-order valence-electron chi connectivity index (χ1n) is 7.11. The molecule has 1 unspecified atom stereocenters. The Morgan fingerprint density at radius 3 is 3.00 bits per heavy atom. The number of hydrogen-bond donors (Lipinski definition) is 2. The number of benzene rings is 1. The maximum atomic E-state index is 11.7. The van der Waals surface area contributed by atoms with Crippen molar-refractivity contribution in [2.45, 2.75) is 30.9 Å². The van der Waals surface area contributed by atoms with Gasteiger partial charge in [-0.2, -0.15) is 11.8 Å². The number of rotatable bonds is 6. The molecule has 0 aliphatic carbocycles. The van der Waals surface area contributed by atoms with Gasteiger partial charge in [0.05, 0.1) is 18.7 Å². The summed E-state index contributed by atoms with van der Waals surface area (Å²) in [6.45, 7) is 1.13. The Morgan fingerprint density at radius 1 is 1.40 bits per heavy atom. The molecule has 20 heavy (non-hydrogen) atoms. The van der Waals surface area contributed by atoms with E-state index < -0.39 is 0 Å². The Balaban J connectivity index is 1.61. The minimum atomic E-state index is 0.0469. The molecule has 1 aromatic carbocycles. The van der Waals surface area contributed by atoms with Gasteiger partial charge in [-0.15, -0.1) is 0 Å². The lowest BCUT2D eigenvalue weighted by Gasteiger charge is -2.21. The van der Waals surface area contributed by atoms with Gasteiger partial charge in [0.2, 0.25) is 5.91 Å². The summed E-state index contributed by atoms with van der Waals surface area (Å²) in [7, 11) is 0. The molecular weight excluding hydrogens is 272 g/mol. The van der Waals surface area contributed by atoms with Gasteiger partial charge >= 0.3 is 0 Å². The van der Waals surface area contributed by atoms with Crippen LogP contribution in [0.1, 0.15) is 25.7 Å². The van der Waals surface area contributed by atoms with Crippen LogP contribution in [-0.2, 0) is 4.79 Å². The molecule has 1 saturated heterocycles. The van der Waals surface area contributed by atoms with E-state index in [9.17, 15) is 4.79 Å². The second-order valence-electron chi connectivity index (χ2n) is 4.93. The van der Waals surface area contributed by atoms with Crippen molar-refractivity contribution < 1.29 is 9.53 Å². The maximum Gasteiger partial charge on any atom is 0.223 e. The zero-order valence-electron chi connectivity index (χ0n) is 11.6. The normalized spacial score (nSPS) is 18.5. The molecule has 1 aromatic rings. The number of hydrogen-bond acceptors (Lipinski definition) is 4. The summed E-state index contributed by atoms with van der Waals surface area (Å²) in [5.74, 6) is 1.91. The number of ether oxygens (including phenoxy) is 1. The predicted octanol–water partition coefficient (Wildman–Crippen LogP) is 2.44. The van der Waals surface area contributed by atoms with Crippen molar-refractivity contribution in [2.75, 3.05) is 24.6 Å². The van der Waals surface area contributed by atoms with Crippen LogP contribution in [0.5, 0.6) is 5.75 Å². The number of thioether (sulfide) groups is 1. The van der Waals surface area contributed by atoms with E-state index in [1.165, 1.54) is 25.0 Å². The van der Waals surface area contributed by atoms with Gasteiger partial charge in [-0.25, -0.2) is 0 Å². The van der Waals surface area contributed by atoms with Crippen LogP contribution >= 0.6 is 11.8 Å².